The molecule has 4 heterocycles. The summed E-state index contributed by atoms with van der Waals surface area (Å²) in [5.74, 6) is 0.753. The van der Waals surface area contributed by atoms with Gasteiger partial charge in [-0.2, -0.15) is 0 Å². The van der Waals surface area contributed by atoms with Crippen LogP contribution >= 0.6 is 11.3 Å². The Morgan fingerprint density at radius 2 is 2.04 bits per heavy atom. The lowest BCUT2D eigenvalue weighted by Gasteiger charge is -2.47. The van der Waals surface area contributed by atoms with Crippen LogP contribution in [0.1, 0.15) is 45.6 Å². The number of phenolic OH excluding ortho intramolecular Hbond substituents is 1. The lowest BCUT2D eigenvalue weighted by atomic mass is 9.89. The minimum atomic E-state index is -0.827. The van der Waals surface area contributed by atoms with Crippen LogP contribution in [0.3, 0.4) is 0 Å². The number of likely N-dealkylation sites (tertiary alicyclic amines) is 1. The summed E-state index contributed by atoms with van der Waals surface area (Å²) in [6, 6.07) is 14.0. The number of pyridine rings is 1. The average molecular weight is 634 g/mol. The monoisotopic (exact) mass is 633 g/mol. The van der Waals surface area contributed by atoms with E-state index in [1.165, 1.54) is 23.5 Å². The van der Waals surface area contributed by atoms with E-state index in [2.05, 4.69) is 20.2 Å². The number of morpholine rings is 1. The highest BCUT2D eigenvalue weighted by molar-refractivity contribution is 7.09. The van der Waals surface area contributed by atoms with Gasteiger partial charge in [0.1, 0.15) is 23.8 Å². The zero-order valence-electron chi connectivity index (χ0n) is 25.3. The number of nitrogens with one attached hydrogen (secondary N) is 2. The van der Waals surface area contributed by atoms with Crippen molar-refractivity contribution in [2.75, 3.05) is 52.5 Å². The van der Waals surface area contributed by atoms with Gasteiger partial charge >= 0.3 is 0 Å². The number of carbonyl (C=O) groups is 1. The zero-order valence-corrected chi connectivity index (χ0v) is 26.1. The van der Waals surface area contributed by atoms with Crippen LogP contribution in [0.15, 0.2) is 58.7 Å². The molecule has 0 bridgehead atoms. The van der Waals surface area contributed by atoms with Crippen LogP contribution in [0.2, 0.25) is 0 Å². The number of thiazole rings is 1. The van der Waals surface area contributed by atoms with E-state index in [1.54, 1.807) is 12.1 Å². The predicted molar refractivity (Wildman–Crippen MR) is 172 cm³/mol. The van der Waals surface area contributed by atoms with Crippen LogP contribution in [0.4, 0.5) is 0 Å². The van der Waals surface area contributed by atoms with Gasteiger partial charge in [0.25, 0.3) is 5.91 Å². The van der Waals surface area contributed by atoms with E-state index in [9.17, 15) is 19.8 Å². The summed E-state index contributed by atoms with van der Waals surface area (Å²) >= 11 is 1.50. The molecule has 4 aromatic rings. The number of phenols is 1. The maximum Gasteiger partial charge on any atom is 0.273 e. The van der Waals surface area contributed by atoms with Gasteiger partial charge in [0.05, 0.1) is 35.4 Å². The van der Waals surface area contributed by atoms with Gasteiger partial charge in [-0.1, -0.05) is 18.2 Å². The highest BCUT2D eigenvalue weighted by Crippen LogP contribution is 2.31. The fraction of sp³-hybridized carbons (Fsp3) is 0.424. The number of aliphatic hydroxyl groups excluding tert-OH is 1. The third-order valence-corrected chi connectivity index (χ3v) is 9.42. The van der Waals surface area contributed by atoms with Crippen molar-refractivity contribution in [1.82, 2.24) is 25.1 Å². The first-order valence-corrected chi connectivity index (χ1v) is 16.2. The van der Waals surface area contributed by atoms with Crippen LogP contribution in [-0.4, -0.2) is 94.0 Å². The van der Waals surface area contributed by atoms with Crippen LogP contribution in [0.5, 0.6) is 11.5 Å². The molecule has 6 rings (SSSR count). The molecule has 12 heteroatoms. The van der Waals surface area contributed by atoms with Crippen molar-refractivity contribution in [2.24, 2.45) is 0 Å². The Hall–Kier alpha value is -3.81. The second-order valence-corrected chi connectivity index (χ2v) is 12.8. The molecule has 0 radical (unpaired) electrons. The molecule has 0 aliphatic carbocycles. The maximum absolute atomic E-state index is 13.0. The van der Waals surface area contributed by atoms with Crippen LogP contribution in [0.25, 0.3) is 10.9 Å². The first-order valence-electron chi connectivity index (χ1n) is 15.3. The minimum absolute atomic E-state index is 0.00365. The van der Waals surface area contributed by atoms with Gasteiger partial charge in [0.15, 0.2) is 0 Å². The standard InChI is InChI=1S/C33H39N5O6S/c1-22-35-27(20-45-22)32(42)38-14-16-44-33(21-38)9-11-37(12-10-33)13-15-43-24-4-2-3-23(17-24)18-34-19-29(40)25-5-7-28(39)31-26(25)6-8-30(41)36-31/h2-8,17,20,29,34,39-40H,9-16,18-19,21H2,1H3,(H,36,41)/t29-/m0/s1. The van der Waals surface area contributed by atoms with Crippen LogP contribution in [0, 0.1) is 6.92 Å². The van der Waals surface area contributed by atoms with Crippen LogP contribution in [-0.2, 0) is 11.3 Å². The summed E-state index contributed by atoms with van der Waals surface area (Å²) in [7, 11) is 0. The number of aromatic hydroxyl groups is 1. The van der Waals surface area contributed by atoms with Gasteiger partial charge in [-0.25, -0.2) is 4.98 Å². The molecule has 0 unspecified atom stereocenters. The molecule has 2 aliphatic heterocycles. The molecule has 2 aromatic carbocycles. The third kappa shape index (κ3) is 7.37. The van der Waals surface area contributed by atoms with Gasteiger partial charge < -0.3 is 34.9 Å². The Morgan fingerprint density at radius 1 is 1.20 bits per heavy atom. The number of aromatic nitrogens is 2. The average Bonchev–Trinajstić information content (AvgIpc) is 3.48. The number of rotatable bonds is 10. The Kier molecular flexibility index (Phi) is 9.47. The van der Waals surface area contributed by atoms with Crippen molar-refractivity contribution in [3.05, 3.63) is 86.1 Å². The summed E-state index contributed by atoms with van der Waals surface area (Å²) in [4.78, 5) is 35.9. The molecule has 2 aromatic heterocycles. The normalized spacial score (nSPS) is 17.5. The van der Waals surface area contributed by atoms with E-state index in [4.69, 9.17) is 9.47 Å². The maximum atomic E-state index is 13.0. The van der Waals surface area contributed by atoms with Crippen molar-refractivity contribution < 1.29 is 24.5 Å². The number of nitrogens with zero attached hydrogens (tertiary/aromatic N) is 3. The number of H-pyrrole nitrogens is 1. The number of aliphatic hydroxyl groups is 1. The van der Waals surface area contributed by atoms with Gasteiger partial charge in [-0.05, 0) is 55.2 Å². The van der Waals surface area contributed by atoms with Crippen molar-refractivity contribution in [2.45, 2.75) is 38.0 Å². The van der Waals surface area contributed by atoms with E-state index >= 15 is 0 Å². The van der Waals surface area contributed by atoms with Gasteiger partial charge in [0.2, 0.25) is 5.56 Å². The Labute approximate surface area is 265 Å². The molecule has 0 saturated carbocycles. The molecular formula is C33H39N5O6S. The summed E-state index contributed by atoms with van der Waals surface area (Å²) < 4.78 is 12.3. The number of amides is 1. The molecule has 2 aliphatic rings. The van der Waals surface area contributed by atoms with E-state index in [0.29, 0.717) is 61.6 Å². The van der Waals surface area contributed by atoms with Crippen LogP contribution < -0.4 is 15.6 Å². The first-order chi connectivity index (χ1) is 21.8. The lowest BCUT2D eigenvalue weighted by Crippen LogP contribution is -2.58. The summed E-state index contributed by atoms with van der Waals surface area (Å²) in [5, 5.41) is 27.6. The minimum Gasteiger partial charge on any atom is -0.506 e. The van der Waals surface area contributed by atoms with E-state index in [0.717, 1.165) is 48.8 Å². The second-order valence-electron chi connectivity index (χ2n) is 11.8. The molecule has 1 amide bonds. The molecule has 11 nitrogen and oxygen atoms in total. The summed E-state index contributed by atoms with van der Waals surface area (Å²) in [5.41, 5.74) is 1.89. The number of hydrogen-bond acceptors (Lipinski definition) is 10. The number of ether oxygens (including phenoxy) is 2. The first kappa shape index (κ1) is 31.2. The highest BCUT2D eigenvalue weighted by atomic mass is 32.1. The number of hydrogen-bond donors (Lipinski definition) is 4. The zero-order chi connectivity index (χ0) is 31.4. The molecule has 45 heavy (non-hydrogen) atoms. The number of aryl methyl sites for hydroxylation is 1. The molecule has 4 N–H and O–H groups in total. The number of carbonyl (C=O) groups excluding carboxylic acids is 1. The Morgan fingerprint density at radius 3 is 2.84 bits per heavy atom. The lowest BCUT2D eigenvalue weighted by molar-refractivity contribution is -0.127. The summed E-state index contributed by atoms with van der Waals surface area (Å²) in [6.45, 7) is 7.65. The van der Waals surface area contributed by atoms with E-state index in [-0.39, 0.29) is 22.8 Å². The van der Waals surface area contributed by atoms with Crippen molar-refractivity contribution >= 4 is 28.1 Å². The molecule has 1 atom stereocenters. The molecular weight excluding hydrogens is 594 g/mol. The fourth-order valence-corrected chi connectivity index (χ4v) is 6.77. The highest BCUT2D eigenvalue weighted by Gasteiger charge is 2.41. The van der Waals surface area contributed by atoms with Gasteiger partial charge in [0, 0.05) is 56.1 Å². The largest absolute Gasteiger partial charge is 0.506 e. The SMILES string of the molecule is Cc1nc(C(=O)N2CCOC3(CCN(CCOc4cccc(CNC[C@H](O)c5ccc(O)c6[nH]c(=O)ccc56)c4)CC3)C2)cs1. The number of aromatic amines is 1. The number of fused-ring (bicyclic) bond motifs is 1. The van der Waals surface area contributed by atoms with Gasteiger partial charge in [-0.3, -0.25) is 14.5 Å². The molecule has 238 valence electrons. The molecule has 1 spiro atoms. The third-order valence-electron chi connectivity index (χ3n) is 8.65. The Balaban J connectivity index is 0.940. The van der Waals surface area contributed by atoms with Crippen molar-refractivity contribution in [3.8, 4) is 11.5 Å². The number of piperidine rings is 1. The molecule has 2 fully saturated rings. The smallest absolute Gasteiger partial charge is 0.273 e. The topological polar surface area (TPSA) is 140 Å². The van der Waals surface area contributed by atoms with Crippen molar-refractivity contribution in [1.29, 1.82) is 0 Å². The fourth-order valence-electron chi connectivity index (χ4n) is 6.18. The summed E-state index contributed by atoms with van der Waals surface area (Å²) in [6.07, 6.45) is 0.919. The number of benzene rings is 2. The second kappa shape index (κ2) is 13.7. The van der Waals surface area contributed by atoms with E-state index in [1.807, 2.05) is 41.5 Å². The van der Waals surface area contributed by atoms with Gasteiger partial charge in [-0.15, -0.1) is 11.3 Å². The Bertz CT molecular complexity index is 1700. The van der Waals surface area contributed by atoms with E-state index < -0.39 is 6.10 Å². The molecule has 2 saturated heterocycles. The predicted octanol–water partition coefficient (Wildman–Crippen LogP) is 3.21. The van der Waals surface area contributed by atoms with Crippen molar-refractivity contribution in [3.63, 3.8) is 0 Å². The quantitative estimate of drug-likeness (QED) is 0.207.